The van der Waals surface area contributed by atoms with Crippen molar-refractivity contribution < 1.29 is 33.4 Å². The summed E-state index contributed by atoms with van der Waals surface area (Å²) >= 11 is 7.93. The van der Waals surface area contributed by atoms with Gasteiger partial charge in [-0.15, -0.1) is 11.3 Å². The number of aryl methyl sites for hydroxylation is 2. The van der Waals surface area contributed by atoms with Gasteiger partial charge >= 0.3 is 0 Å². The minimum atomic E-state index is -1.30. The van der Waals surface area contributed by atoms with E-state index >= 15 is 9.59 Å². The van der Waals surface area contributed by atoms with Crippen molar-refractivity contribution in [3.05, 3.63) is 131 Å². The van der Waals surface area contributed by atoms with Gasteiger partial charge in [0, 0.05) is 46.3 Å². The van der Waals surface area contributed by atoms with E-state index in [1.54, 1.807) is 77.9 Å². The number of oxazole rings is 1. The summed E-state index contributed by atoms with van der Waals surface area (Å²) in [6, 6.07) is 27.0. The molecule has 7 aromatic rings. The van der Waals surface area contributed by atoms with Crippen LogP contribution in [0.3, 0.4) is 0 Å². The number of fused-ring (bicyclic) bond motifs is 7. The van der Waals surface area contributed by atoms with Gasteiger partial charge in [0.05, 0.1) is 40.0 Å². The van der Waals surface area contributed by atoms with Gasteiger partial charge in [0.25, 0.3) is 0 Å². The number of rotatable bonds is 5. The molecule has 1 saturated carbocycles. The van der Waals surface area contributed by atoms with E-state index in [0.29, 0.717) is 51.4 Å². The second kappa shape index (κ2) is 13.8. The Morgan fingerprint density at radius 2 is 1.72 bits per heavy atom. The molecule has 2 saturated heterocycles. The van der Waals surface area contributed by atoms with Gasteiger partial charge in [0.1, 0.15) is 28.5 Å². The first-order chi connectivity index (χ1) is 30.9. The number of carbonyl (C=O) groups is 4. The molecule has 14 heteroatoms. The summed E-state index contributed by atoms with van der Waals surface area (Å²) in [5.41, 5.74) is 5.17. The van der Waals surface area contributed by atoms with Crippen LogP contribution in [0.1, 0.15) is 30.9 Å². The molecule has 12 rings (SSSR count). The van der Waals surface area contributed by atoms with Crippen LogP contribution in [0.25, 0.3) is 43.2 Å². The highest BCUT2D eigenvalue weighted by atomic mass is 35.5. The fourth-order valence-electron chi connectivity index (χ4n) is 11.3. The van der Waals surface area contributed by atoms with E-state index < -0.39 is 35.0 Å². The lowest BCUT2D eigenvalue weighted by atomic mass is 9.51. The Labute approximate surface area is 375 Å². The number of hydrogen-bond acceptors (Lipinski definition) is 10. The zero-order chi connectivity index (χ0) is 43.9. The SMILES string of the molecule is Cc1c(-c2cc(N3C(=O)[C@@H]4C[C@@H]5C(=CC[C@@H]6C(=O)N(c7ccc(-c8nc9ccccc9o8)cc7)C(=O)[C@@H]65)[C@H](C5=COc6ccc(O)cc6C5)[C@]4(C)C3=O)n(C)n2)sc2ccc(Cl)cc12. The highest BCUT2D eigenvalue weighted by Gasteiger charge is 2.68. The number of amides is 4. The molecule has 0 spiro atoms. The minimum absolute atomic E-state index is 0.0771. The maximum absolute atomic E-state index is 15.4. The Kier molecular flexibility index (Phi) is 8.39. The van der Waals surface area contributed by atoms with Crippen LogP contribution in [0, 0.1) is 41.9 Å². The monoisotopic (exact) mass is 887 g/mol. The minimum Gasteiger partial charge on any atom is -0.508 e. The number of thiophene rings is 1. The van der Waals surface area contributed by atoms with Gasteiger partial charge in [-0.3, -0.25) is 28.8 Å². The molecule has 3 aromatic heterocycles. The standard InChI is InChI=1S/C50H38ClN5O7S/c1-24-33-20-28(51)10-17-40(33)64-44(24)37-22-41(54(3)53-37)56-47(59)35-21-34-31(43(50(35,2)49(56)61)27-18-26-19-30(57)13-16-38(26)62-23-27)14-15-32-42(34)48(60)55(46(32)58)29-11-8-25(9-12-29)45-52-36-6-4-5-7-39(36)63-45/h4-14,16-17,19-20,22-23,32,34-35,42-43,57H,15,18,21H2,1-3H3/t32-,34+,35-,42-,43-,50+/m0/s1. The van der Waals surface area contributed by atoms with Crippen molar-refractivity contribution in [2.45, 2.75) is 33.1 Å². The van der Waals surface area contributed by atoms with Crippen LogP contribution >= 0.6 is 22.9 Å². The number of carbonyl (C=O) groups excluding carboxylic acids is 4. The van der Waals surface area contributed by atoms with E-state index in [9.17, 15) is 14.7 Å². The molecule has 318 valence electrons. The quantitative estimate of drug-likeness (QED) is 0.132. The topological polar surface area (TPSA) is 148 Å². The van der Waals surface area contributed by atoms with Crippen molar-refractivity contribution in [2.24, 2.45) is 42.1 Å². The summed E-state index contributed by atoms with van der Waals surface area (Å²) in [6.45, 7) is 3.87. The van der Waals surface area contributed by atoms with Crippen molar-refractivity contribution in [3.63, 3.8) is 0 Å². The Bertz CT molecular complexity index is 3260. The first-order valence-electron chi connectivity index (χ1n) is 21.2. The number of para-hydroxylation sites is 2. The molecule has 0 bridgehead atoms. The number of nitrogens with zero attached hydrogens (tertiary/aromatic N) is 5. The van der Waals surface area contributed by atoms with Crippen LogP contribution < -0.4 is 14.5 Å². The first kappa shape index (κ1) is 38.8. The zero-order valence-corrected chi connectivity index (χ0v) is 36.3. The van der Waals surface area contributed by atoms with E-state index in [1.165, 1.54) is 9.80 Å². The Morgan fingerprint density at radius 3 is 2.53 bits per heavy atom. The fraction of sp³-hybridized carbons (Fsp3) is 0.240. The number of anilines is 2. The largest absolute Gasteiger partial charge is 0.508 e. The van der Waals surface area contributed by atoms with E-state index in [-0.39, 0.29) is 42.2 Å². The summed E-state index contributed by atoms with van der Waals surface area (Å²) < 4.78 is 14.8. The maximum atomic E-state index is 15.4. The lowest BCUT2D eigenvalue weighted by molar-refractivity contribution is -0.132. The van der Waals surface area contributed by atoms with E-state index in [0.717, 1.165) is 42.8 Å². The van der Waals surface area contributed by atoms with Crippen molar-refractivity contribution in [1.82, 2.24) is 14.8 Å². The third-order valence-corrected chi connectivity index (χ3v) is 15.8. The molecule has 4 amide bonds. The molecule has 5 aliphatic rings. The number of halogens is 1. The van der Waals surface area contributed by atoms with Crippen molar-refractivity contribution in [3.8, 4) is 33.5 Å². The zero-order valence-electron chi connectivity index (χ0n) is 34.7. The number of aromatic hydroxyl groups is 1. The molecular formula is C50H38ClN5O7S. The summed E-state index contributed by atoms with van der Waals surface area (Å²) in [4.78, 5) is 67.8. The highest BCUT2D eigenvalue weighted by molar-refractivity contribution is 7.22. The number of phenols is 1. The third kappa shape index (κ3) is 5.46. The summed E-state index contributed by atoms with van der Waals surface area (Å²) in [7, 11) is 1.73. The molecule has 1 N–H and O–H groups in total. The molecule has 0 radical (unpaired) electrons. The predicted octanol–water partition coefficient (Wildman–Crippen LogP) is 9.56. The number of allylic oxidation sites excluding steroid dienone is 3. The van der Waals surface area contributed by atoms with Crippen LogP contribution in [0.2, 0.25) is 5.02 Å². The second-order valence-corrected chi connectivity index (χ2v) is 19.2. The van der Waals surface area contributed by atoms with Crippen LogP contribution in [-0.4, -0.2) is 43.5 Å². The van der Waals surface area contributed by atoms with E-state index in [1.807, 2.05) is 62.4 Å². The van der Waals surface area contributed by atoms with E-state index in [2.05, 4.69) is 4.98 Å². The normalized spacial score (nSPS) is 25.0. The number of imide groups is 2. The number of aromatic nitrogens is 3. The average Bonchev–Trinajstić information content (AvgIpc) is 4.08. The lowest BCUT2D eigenvalue weighted by Gasteiger charge is -2.49. The molecule has 2 aliphatic carbocycles. The molecule has 4 aromatic carbocycles. The van der Waals surface area contributed by atoms with E-state index in [4.69, 9.17) is 25.9 Å². The first-order valence-corrected chi connectivity index (χ1v) is 22.4. The van der Waals surface area contributed by atoms with Gasteiger partial charge in [-0.25, -0.2) is 9.88 Å². The smallest absolute Gasteiger partial charge is 0.242 e. The molecule has 64 heavy (non-hydrogen) atoms. The van der Waals surface area contributed by atoms with Gasteiger partial charge in [-0.2, -0.15) is 5.10 Å². The number of ether oxygens (including phenoxy) is 1. The van der Waals surface area contributed by atoms with Crippen LogP contribution in [-0.2, 0) is 32.6 Å². The number of benzene rings is 4. The lowest BCUT2D eigenvalue weighted by Crippen LogP contribution is -2.51. The highest BCUT2D eigenvalue weighted by Crippen LogP contribution is 2.63. The van der Waals surface area contributed by atoms with Crippen LogP contribution in [0.5, 0.6) is 11.5 Å². The number of phenolic OH excluding ortho intramolecular Hbond substituents is 1. The predicted molar refractivity (Wildman–Crippen MR) is 242 cm³/mol. The summed E-state index contributed by atoms with van der Waals surface area (Å²) in [5, 5.41) is 17.0. The summed E-state index contributed by atoms with van der Waals surface area (Å²) in [6.07, 6.45) is 4.51. The Hall–Kier alpha value is -6.83. The van der Waals surface area contributed by atoms with Gasteiger partial charge < -0.3 is 14.3 Å². The van der Waals surface area contributed by atoms with Crippen molar-refractivity contribution in [1.29, 1.82) is 0 Å². The summed E-state index contributed by atoms with van der Waals surface area (Å²) in [5.74, 6) is -3.42. The second-order valence-electron chi connectivity index (χ2n) is 17.7. The van der Waals surface area contributed by atoms with Crippen molar-refractivity contribution >= 4 is 79.3 Å². The average molecular weight is 888 g/mol. The van der Waals surface area contributed by atoms with Crippen LogP contribution in [0.15, 0.2) is 119 Å². The molecule has 3 aliphatic heterocycles. The molecule has 0 unspecified atom stereocenters. The van der Waals surface area contributed by atoms with Gasteiger partial charge in [-0.05, 0) is 122 Å². The number of hydrogen-bond donors (Lipinski definition) is 1. The van der Waals surface area contributed by atoms with Gasteiger partial charge in [-0.1, -0.05) is 35.4 Å². The molecule has 3 fully saturated rings. The third-order valence-electron chi connectivity index (χ3n) is 14.3. The molecule has 6 heterocycles. The molecule has 12 nitrogen and oxygen atoms in total. The molecule has 6 atom stereocenters. The fourth-order valence-corrected chi connectivity index (χ4v) is 12.6. The Morgan fingerprint density at radius 1 is 0.906 bits per heavy atom. The van der Waals surface area contributed by atoms with Crippen LogP contribution in [0.4, 0.5) is 11.5 Å². The van der Waals surface area contributed by atoms with Gasteiger partial charge in [0.15, 0.2) is 5.58 Å². The Balaban J connectivity index is 0.921. The maximum Gasteiger partial charge on any atom is 0.242 e. The molecular weight excluding hydrogens is 850 g/mol. The van der Waals surface area contributed by atoms with Gasteiger partial charge in [0.2, 0.25) is 29.5 Å². The van der Waals surface area contributed by atoms with Crippen molar-refractivity contribution in [2.75, 3.05) is 9.80 Å².